The van der Waals surface area contributed by atoms with Gasteiger partial charge in [0.15, 0.2) is 0 Å². The molecule has 0 fully saturated rings. The molecule has 0 saturated carbocycles. The van der Waals surface area contributed by atoms with Gasteiger partial charge in [-0.2, -0.15) is 6.07 Å². The molecule has 65 heavy (non-hydrogen) atoms. The number of ether oxygens (including phenoxy) is 1. The molecule has 0 atom stereocenters. The van der Waals surface area contributed by atoms with Crippen LogP contribution in [0.2, 0.25) is 0 Å². The first-order valence-corrected chi connectivity index (χ1v) is 21.6. The molecule has 0 aliphatic rings. The zero-order valence-corrected chi connectivity index (χ0v) is 38.5. The van der Waals surface area contributed by atoms with Crippen molar-refractivity contribution in [1.82, 2.24) is 14.1 Å². The minimum Gasteiger partial charge on any atom is -0.509 e. The van der Waals surface area contributed by atoms with E-state index >= 15 is 0 Å². The molecule has 0 saturated heterocycles. The number of aromatic nitrogens is 3. The Morgan fingerprint density at radius 2 is 1.20 bits per heavy atom. The number of pyridine rings is 1. The van der Waals surface area contributed by atoms with Crippen molar-refractivity contribution in [3.05, 3.63) is 219 Å². The number of anilines is 4. The van der Waals surface area contributed by atoms with Crippen LogP contribution in [0.3, 0.4) is 0 Å². The van der Waals surface area contributed by atoms with Crippen molar-refractivity contribution in [3.63, 3.8) is 0 Å². The fraction of sp³-hybridized carbons (Fsp3) is 0.0690. The second-order valence-corrected chi connectivity index (χ2v) is 17.1. The Morgan fingerprint density at radius 3 is 1.89 bits per heavy atom. The number of para-hydroxylation sites is 4. The first-order chi connectivity index (χ1) is 31.3. The van der Waals surface area contributed by atoms with Gasteiger partial charge in [0.1, 0.15) is 5.82 Å². The van der Waals surface area contributed by atoms with Crippen molar-refractivity contribution in [2.45, 2.75) is 26.2 Å². The minimum absolute atomic E-state index is 0. The molecule has 3 heterocycles. The molecule has 0 spiro atoms. The molecule has 8 aromatic carbocycles. The Kier molecular flexibility index (Phi) is 10.8. The second-order valence-electron chi connectivity index (χ2n) is 17.1. The first-order valence-electron chi connectivity index (χ1n) is 21.6. The normalized spacial score (nSPS) is 11.6. The number of rotatable bonds is 10. The van der Waals surface area contributed by atoms with Crippen molar-refractivity contribution in [2.75, 3.05) is 10.2 Å². The summed E-state index contributed by atoms with van der Waals surface area (Å²) in [7, 11) is 4.70. The third kappa shape index (κ3) is 7.54. The van der Waals surface area contributed by atoms with Crippen LogP contribution in [-0.4, -0.2) is 14.1 Å². The van der Waals surface area contributed by atoms with E-state index in [0.717, 1.165) is 84.0 Å². The van der Waals surface area contributed by atoms with Gasteiger partial charge >= 0.3 is 0 Å². The fourth-order valence-electron chi connectivity index (χ4n) is 9.00. The van der Waals surface area contributed by atoms with Gasteiger partial charge in [-0.3, -0.25) is 7.05 Å². The zero-order valence-electron chi connectivity index (χ0n) is 36.2. The van der Waals surface area contributed by atoms with E-state index in [2.05, 4.69) is 187 Å². The maximum Gasteiger partial charge on any atom is 0.135 e. The predicted octanol–water partition coefficient (Wildman–Crippen LogP) is 15.3. The number of hydrogen-bond acceptors (Lipinski definition) is 4. The summed E-state index contributed by atoms with van der Waals surface area (Å²) in [6, 6.07) is 72.2. The van der Waals surface area contributed by atoms with Crippen LogP contribution in [0.4, 0.5) is 22.7 Å². The van der Waals surface area contributed by atoms with Crippen LogP contribution in [0.5, 0.6) is 11.5 Å². The van der Waals surface area contributed by atoms with E-state index < -0.39 is 0 Å². The Morgan fingerprint density at radius 1 is 0.585 bits per heavy atom. The average molecular weight is 1020 g/mol. The van der Waals surface area contributed by atoms with E-state index in [0.29, 0.717) is 11.5 Å². The molecular weight excluding hydrogens is 978 g/mol. The molecule has 0 radical (unpaired) electrons. The molecule has 320 valence electrons. The van der Waals surface area contributed by atoms with Gasteiger partial charge in [0.2, 0.25) is 0 Å². The minimum atomic E-state index is -0.0506. The van der Waals surface area contributed by atoms with Crippen LogP contribution in [0.15, 0.2) is 194 Å². The summed E-state index contributed by atoms with van der Waals surface area (Å²) in [6.45, 7) is 6.69. The number of benzene rings is 8. The summed E-state index contributed by atoms with van der Waals surface area (Å²) in [5.41, 5.74) is 14.3. The number of hydrogen-bond donors (Lipinski definition) is 1. The van der Waals surface area contributed by atoms with Crippen LogP contribution in [0.1, 0.15) is 26.3 Å². The van der Waals surface area contributed by atoms with Crippen molar-refractivity contribution >= 4 is 55.6 Å². The van der Waals surface area contributed by atoms with Crippen molar-refractivity contribution < 1.29 is 25.8 Å². The third-order valence-corrected chi connectivity index (χ3v) is 12.0. The summed E-state index contributed by atoms with van der Waals surface area (Å²) < 4.78 is 11.3. The molecule has 0 bridgehead atoms. The van der Waals surface area contributed by atoms with Gasteiger partial charge in [-0.15, -0.1) is 30.3 Å². The van der Waals surface area contributed by atoms with E-state index in [1.807, 2.05) is 59.6 Å². The molecule has 7 heteroatoms. The standard InChI is InChI=1S/C58H44N5O.Pt/c1-58(2,3)41-33-34-59-54(35-41)63-51-32-18-31-50-55(51)56-52(62(50)43-24-12-7-13-25-43)37-45(38-53(56)63)64-44-26-16-23-42(36-44)60-48-29-14-15-30-49(48)61(4)57-46(39-19-8-5-9-20-39)27-17-28-47(57)40-21-10-6-11-22-40;/h5-35,37,60H,4H2,1-3H3;/q-3;. The largest absolute Gasteiger partial charge is 0.509 e. The molecule has 0 unspecified atom stereocenters. The molecule has 3 aromatic heterocycles. The van der Waals surface area contributed by atoms with Gasteiger partial charge in [-0.1, -0.05) is 153 Å². The molecule has 0 aliphatic heterocycles. The average Bonchev–Trinajstić information content (AvgIpc) is 3.85. The summed E-state index contributed by atoms with van der Waals surface area (Å²) >= 11 is 0. The van der Waals surface area contributed by atoms with Crippen molar-refractivity contribution in [1.29, 1.82) is 0 Å². The predicted molar refractivity (Wildman–Crippen MR) is 264 cm³/mol. The quantitative estimate of drug-likeness (QED) is 0.139. The van der Waals surface area contributed by atoms with Gasteiger partial charge in [-0.25, -0.2) is 4.98 Å². The van der Waals surface area contributed by atoms with E-state index in [1.165, 1.54) is 10.9 Å². The summed E-state index contributed by atoms with van der Waals surface area (Å²) in [5, 5.41) is 5.95. The molecule has 11 rings (SSSR count). The SMILES string of the molecule is [CH2-]N(c1ccccc1Nc1[c-]c(Oc2[c-]c3c4c5c(cccc5n(-c5ccccc5)c4c2)n3-c2cc(C(C)(C)C)ccn2)ccc1)c1c(-c2ccccc2)cccc1-c1ccccc1.[Pt]. The maximum atomic E-state index is 6.78. The maximum absolute atomic E-state index is 6.78. The summed E-state index contributed by atoms with van der Waals surface area (Å²) in [6.07, 6.45) is 1.91. The van der Waals surface area contributed by atoms with Crippen LogP contribution < -0.4 is 15.0 Å². The van der Waals surface area contributed by atoms with Crippen LogP contribution >= 0.6 is 0 Å². The Labute approximate surface area is 394 Å². The Hall–Kier alpha value is -7.40. The van der Waals surface area contributed by atoms with E-state index in [9.17, 15) is 0 Å². The van der Waals surface area contributed by atoms with Crippen molar-refractivity contribution in [3.8, 4) is 45.3 Å². The first kappa shape index (κ1) is 41.6. The second kappa shape index (κ2) is 16.9. The van der Waals surface area contributed by atoms with Crippen LogP contribution in [-0.2, 0) is 26.5 Å². The van der Waals surface area contributed by atoms with Gasteiger partial charge < -0.3 is 24.1 Å². The molecule has 0 aliphatic carbocycles. The molecule has 0 amide bonds. The van der Waals surface area contributed by atoms with Crippen molar-refractivity contribution in [2.24, 2.45) is 0 Å². The van der Waals surface area contributed by atoms with Crippen LogP contribution in [0, 0.1) is 19.2 Å². The molecular formula is C58H44N5OPt-3. The zero-order chi connectivity index (χ0) is 43.4. The van der Waals surface area contributed by atoms with Gasteiger partial charge in [0, 0.05) is 78.0 Å². The monoisotopic (exact) mass is 1020 g/mol. The Bertz CT molecular complexity index is 3390. The number of nitrogens with one attached hydrogen (secondary N) is 1. The molecule has 1 N–H and O–H groups in total. The van der Waals surface area contributed by atoms with Gasteiger partial charge in [-0.05, 0) is 81.5 Å². The van der Waals surface area contributed by atoms with Crippen LogP contribution in [0.25, 0.3) is 66.6 Å². The third-order valence-electron chi connectivity index (χ3n) is 12.0. The van der Waals surface area contributed by atoms with Gasteiger partial charge in [0.25, 0.3) is 0 Å². The van der Waals surface area contributed by atoms with E-state index in [-0.39, 0.29) is 26.5 Å². The summed E-state index contributed by atoms with van der Waals surface area (Å²) in [5.74, 6) is 1.97. The smallest absolute Gasteiger partial charge is 0.135 e. The van der Waals surface area contributed by atoms with E-state index in [1.54, 1.807) is 0 Å². The summed E-state index contributed by atoms with van der Waals surface area (Å²) in [4.78, 5) is 6.97. The van der Waals surface area contributed by atoms with Gasteiger partial charge in [0.05, 0.1) is 5.69 Å². The topological polar surface area (TPSA) is 47.2 Å². The number of nitrogens with zero attached hydrogens (tertiary/aromatic N) is 4. The molecule has 6 nitrogen and oxygen atoms in total. The van der Waals surface area contributed by atoms with E-state index in [4.69, 9.17) is 16.8 Å². The molecule has 11 aromatic rings. The Balaban J connectivity index is 0.00000498. The fourth-order valence-corrected chi connectivity index (χ4v) is 9.00.